The number of hydrogen-bond donors (Lipinski definition) is 3. The minimum absolute atomic E-state index is 0.0615. The highest BCUT2D eigenvalue weighted by Gasteiger charge is 2.21. The lowest BCUT2D eigenvalue weighted by molar-refractivity contribution is -0.125. The van der Waals surface area contributed by atoms with Gasteiger partial charge in [0, 0.05) is 11.6 Å². The van der Waals surface area contributed by atoms with E-state index in [9.17, 15) is 9.90 Å². The molecule has 0 aliphatic rings. The van der Waals surface area contributed by atoms with Gasteiger partial charge in [0.1, 0.15) is 0 Å². The predicted molar refractivity (Wildman–Crippen MR) is 94.7 cm³/mol. The average Bonchev–Trinajstić information content (AvgIpc) is 2.91. The van der Waals surface area contributed by atoms with Crippen molar-refractivity contribution in [1.29, 1.82) is 0 Å². The summed E-state index contributed by atoms with van der Waals surface area (Å²) in [6.07, 6.45) is 1.60. The van der Waals surface area contributed by atoms with Crippen LogP contribution >= 0.6 is 0 Å². The molecule has 0 fully saturated rings. The van der Waals surface area contributed by atoms with E-state index in [0.29, 0.717) is 6.42 Å². The van der Waals surface area contributed by atoms with Crippen molar-refractivity contribution in [2.75, 3.05) is 6.61 Å². The minimum Gasteiger partial charge on any atom is -0.394 e. The SMILES string of the molecule is CCc1ccc(C(CO)NC(=O)C(C)Cc2c(C)n[nH]c2C)cc1. The fourth-order valence-corrected chi connectivity index (χ4v) is 2.81. The smallest absolute Gasteiger partial charge is 0.223 e. The first-order valence-electron chi connectivity index (χ1n) is 8.46. The highest BCUT2D eigenvalue weighted by Crippen LogP contribution is 2.18. The van der Waals surface area contributed by atoms with E-state index in [4.69, 9.17) is 0 Å². The Morgan fingerprint density at radius 3 is 2.46 bits per heavy atom. The van der Waals surface area contributed by atoms with Gasteiger partial charge < -0.3 is 10.4 Å². The van der Waals surface area contributed by atoms with Crippen LogP contribution < -0.4 is 5.32 Å². The largest absolute Gasteiger partial charge is 0.394 e. The third-order valence-corrected chi connectivity index (χ3v) is 4.53. The predicted octanol–water partition coefficient (Wildman–Crippen LogP) is 2.62. The number of nitrogens with zero attached hydrogens (tertiary/aromatic N) is 1. The summed E-state index contributed by atoms with van der Waals surface area (Å²) in [5.41, 5.74) is 5.18. The number of hydrogen-bond acceptors (Lipinski definition) is 3. The van der Waals surface area contributed by atoms with Crippen LogP contribution in [0.1, 0.15) is 48.0 Å². The average molecular weight is 329 g/mol. The second-order valence-electron chi connectivity index (χ2n) is 6.36. The summed E-state index contributed by atoms with van der Waals surface area (Å²) in [6.45, 7) is 7.78. The second-order valence-corrected chi connectivity index (χ2v) is 6.36. The molecule has 1 aromatic carbocycles. The zero-order chi connectivity index (χ0) is 17.7. The first-order valence-corrected chi connectivity index (χ1v) is 8.46. The zero-order valence-corrected chi connectivity index (χ0v) is 14.9. The molecular weight excluding hydrogens is 302 g/mol. The van der Waals surface area contributed by atoms with E-state index in [-0.39, 0.29) is 24.5 Å². The van der Waals surface area contributed by atoms with Crippen molar-refractivity contribution < 1.29 is 9.90 Å². The van der Waals surface area contributed by atoms with Crippen LogP contribution in [-0.4, -0.2) is 27.8 Å². The highest BCUT2D eigenvalue weighted by atomic mass is 16.3. The van der Waals surface area contributed by atoms with Crippen molar-refractivity contribution in [1.82, 2.24) is 15.5 Å². The molecule has 2 aromatic rings. The van der Waals surface area contributed by atoms with Crippen LogP contribution in [0, 0.1) is 19.8 Å². The van der Waals surface area contributed by atoms with Gasteiger partial charge in [-0.05, 0) is 43.4 Å². The van der Waals surface area contributed by atoms with Crippen molar-refractivity contribution in [2.45, 2.75) is 46.6 Å². The summed E-state index contributed by atoms with van der Waals surface area (Å²) in [4.78, 5) is 12.5. The fourth-order valence-electron chi connectivity index (χ4n) is 2.81. The quantitative estimate of drug-likeness (QED) is 0.731. The Balaban J connectivity index is 2.02. The van der Waals surface area contributed by atoms with Gasteiger partial charge in [-0.15, -0.1) is 0 Å². The van der Waals surface area contributed by atoms with Gasteiger partial charge in [0.05, 0.1) is 18.3 Å². The number of carbonyl (C=O) groups excluding carboxylic acids is 1. The van der Waals surface area contributed by atoms with Gasteiger partial charge in [-0.1, -0.05) is 38.1 Å². The maximum Gasteiger partial charge on any atom is 0.223 e. The molecule has 0 bridgehead atoms. The van der Waals surface area contributed by atoms with E-state index in [1.54, 1.807) is 0 Å². The van der Waals surface area contributed by atoms with E-state index in [1.165, 1.54) is 5.56 Å². The Hall–Kier alpha value is -2.14. The van der Waals surface area contributed by atoms with E-state index >= 15 is 0 Å². The van der Waals surface area contributed by atoms with Gasteiger partial charge in [-0.2, -0.15) is 5.10 Å². The molecular formula is C19H27N3O2. The number of aliphatic hydroxyl groups excluding tert-OH is 1. The molecule has 24 heavy (non-hydrogen) atoms. The maximum atomic E-state index is 12.5. The second kappa shape index (κ2) is 8.11. The lowest BCUT2D eigenvalue weighted by Gasteiger charge is -2.20. The Kier molecular flexibility index (Phi) is 6.15. The fraction of sp³-hybridized carbons (Fsp3) is 0.474. The lowest BCUT2D eigenvalue weighted by Crippen LogP contribution is -2.35. The number of rotatable bonds is 7. The number of amides is 1. The molecule has 2 atom stereocenters. The minimum atomic E-state index is -0.377. The van der Waals surface area contributed by atoms with Crippen LogP contribution in [0.4, 0.5) is 0 Å². The number of carbonyl (C=O) groups is 1. The van der Waals surface area contributed by atoms with E-state index < -0.39 is 0 Å². The van der Waals surface area contributed by atoms with Crippen LogP contribution in [0.2, 0.25) is 0 Å². The molecule has 0 saturated carbocycles. The molecule has 0 saturated heterocycles. The van der Waals surface area contributed by atoms with Crippen molar-refractivity contribution >= 4 is 5.91 Å². The molecule has 1 amide bonds. The summed E-state index contributed by atoms with van der Waals surface area (Å²) < 4.78 is 0. The van der Waals surface area contributed by atoms with E-state index in [0.717, 1.165) is 28.9 Å². The van der Waals surface area contributed by atoms with Crippen LogP contribution in [0.3, 0.4) is 0 Å². The number of aromatic amines is 1. The molecule has 1 heterocycles. The number of aryl methyl sites for hydroxylation is 3. The van der Waals surface area contributed by atoms with Gasteiger partial charge >= 0.3 is 0 Å². The first kappa shape index (κ1) is 18.2. The van der Waals surface area contributed by atoms with Crippen molar-refractivity contribution in [3.8, 4) is 0 Å². The van der Waals surface area contributed by atoms with Crippen LogP contribution in [0.15, 0.2) is 24.3 Å². The van der Waals surface area contributed by atoms with Gasteiger partial charge in [0.15, 0.2) is 0 Å². The van der Waals surface area contributed by atoms with Crippen LogP contribution in [0.5, 0.6) is 0 Å². The number of H-pyrrole nitrogens is 1. The molecule has 2 rings (SSSR count). The molecule has 0 aliphatic heterocycles. The van der Waals surface area contributed by atoms with Crippen molar-refractivity contribution in [2.24, 2.45) is 5.92 Å². The van der Waals surface area contributed by atoms with Crippen LogP contribution in [-0.2, 0) is 17.6 Å². The lowest BCUT2D eigenvalue weighted by atomic mass is 9.97. The molecule has 0 spiro atoms. The Morgan fingerprint density at radius 1 is 1.29 bits per heavy atom. The first-order chi connectivity index (χ1) is 11.5. The molecule has 5 nitrogen and oxygen atoms in total. The number of nitrogens with one attached hydrogen (secondary N) is 2. The Morgan fingerprint density at radius 2 is 1.96 bits per heavy atom. The summed E-state index contributed by atoms with van der Waals surface area (Å²) in [7, 11) is 0. The molecule has 5 heteroatoms. The molecule has 0 aliphatic carbocycles. The molecule has 0 radical (unpaired) electrons. The number of aliphatic hydroxyl groups is 1. The molecule has 130 valence electrons. The van der Waals surface area contributed by atoms with Crippen molar-refractivity contribution in [3.05, 3.63) is 52.3 Å². The third kappa shape index (κ3) is 4.23. The summed E-state index contributed by atoms with van der Waals surface area (Å²) >= 11 is 0. The van der Waals surface area contributed by atoms with Gasteiger partial charge in [-0.25, -0.2) is 0 Å². The zero-order valence-electron chi connectivity index (χ0n) is 14.9. The van der Waals surface area contributed by atoms with Gasteiger partial charge in [0.2, 0.25) is 5.91 Å². The maximum absolute atomic E-state index is 12.5. The number of aromatic nitrogens is 2. The summed E-state index contributed by atoms with van der Waals surface area (Å²) in [5, 5.41) is 19.7. The summed E-state index contributed by atoms with van der Waals surface area (Å²) in [5.74, 6) is -0.252. The molecule has 2 unspecified atom stereocenters. The normalized spacial score (nSPS) is 13.5. The number of benzene rings is 1. The molecule has 1 aromatic heterocycles. The monoisotopic (exact) mass is 329 g/mol. The highest BCUT2D eigenvalue weighted by molar-refractivity contribution is 5.79. The Bertz CT molecular complexity index is 657. The molecule has 3 N–H and O–H groups in total. The van der Waals surface area contributed by atoms with Gasteiger partial charge in [-0.3, -0.25) is 9.89 Å². The summed E-state index contributed by atoms with van der Waals surface area (Å²) in [6, 6.07) is 7.62. The Labute approximate surface area is 143 Å². The van der Waals surface area contributed by atoms with E-state index in [1.807, 2.05) is 45.0 Å². The van der Waals surface area contributed by atoms with Gasteiger partial charge in [0.25, 0.3) is 0 Å². The topological polar surface area (TPSA) is 78.0 Å². The third-order valence-electron chi connectivity index (χ3n) is 4.53. The van der Waals surface area contributed by atoms with E-state index in [2.05, 4.69) is 22.4 Å². The van der Waals surface area contributed by atoms with Crippen LogP contribution in [0.25, 0.3) is 0 Å². The standard InChI is InChI=1S/C19H27N3O2/c1-5-15-6-8-16(9-7-15)18(11-23)20-19(24)12(2)10-17-13(3)21-22-14(17)4/h6-9,12,18,23H,5,10-11H2,1-4H3,(H,20,24)(H,21,22). The van der Waals surface area contributed by atoms with Crippen molar-refractivity contribution in [3.63, 3.8) is 0 Å².